The molecule has 0 aromatic heterocycles. The first kappa shape index (κ1) is 12.7. The van der Waals surface area contributed by atoms with Gasteiger partial charge in [0.2, 0.25) is 0 Å². The number of hydrogen-bond acceptors (Lipinski definition) is 3. The molecule has 0 aliphatic rings. The Kier molecular flexibility index (Phi) is 3.44. The first-order valence-corrected chi connectivity index (χ1v) is 7.77. The molecule has 0 saturated carbocycles. The quantitative estimate of drug-likeness (QED) is 0.656. The van der Waals surface area contributed by atoms with Crippen LogP contribution >= 0.6 is 7.14 Å². The topological polar surface area (TPSA) is 69.1 Å². The van der Waals surface area contributed by atoms with Crippen molar-refractivity contribution in [1.82, 2.24) is 0 Å². The van der Waals surface area contributed by atoms with Gasteiger partial charge in [0.15, 0.2) is 0 Å². The minimum atomic E-state index is -2.62. The van der Waals surface area contributed by atoms with E-state index in [1.54, 1.807) is 24.3 Å². The molecular weight excluding hydrogens is 243 g/mol. The van der Waals surface area contributed by atoms with Gasteiger partial charge in [-0.3, -0.25) is 0 Å². The molecule has 0 atom stereocenters. The number of nitrogens with two attached hydrogens (primary N) is 2. The molecule has 0 unspecified atom stereocenters. The Morgan fingerprint density at radius 1 is 0.944 bits per heavy atom. The van der Waals surface area contributed by atoms with Crippen molar-refractivity contribution in [1.29, 1.82) is 0 Å². The first-order chi connectivity index (χ1) is 8.56. The van der Waals surface area contributed by atoms with Crippen LogP contribution in [0.1, 0.15) is 6.92 Å². The summed E-state index contributed by atoms with van der Waals surface area (Å²) in [4.78, 5) is 0. The van der Waals surface area contributed by atoms with E-state index in [1.807, 2.05) is 31.2 Å². The average molecular weight is 260 g/mol. The van der Waals surface area contributed by atoms with Crippen molar-refractivity contribution in [3.05, 3.63) is 48.5 Å². The summed E-state index contributed by atoms with van der Waals surface area (Å²) in [6, 6.07) is 14.6. The Bertz CT molecular complexity index is 561. The summed E-state index contributed by atoms with van der Waals surface area (Å²) in [6.45, 7) is 1.92. The molecule has 94 valence electrons. The maximum Gasteiger partial charge on any atom is 0.143 e. The number of hydrogen-bond donors (Lipinski definition) is 2. The lowest BCUT2D eigenvalue weighted by atomic mass is 10.3. The lowest BCUT2D eigenvalue weighted by Gasteiger charge is -2.18. The molecule has 2 rings (SSSR count). The van der Waals surface area contributed by atoms with E-state index in [0.717, 1.165) is 10.6 Å². The summed E-state index contributed by atoms with van der Waals surface area (Å²) >= 11 is 0. The number of rotatable bonds is 3. The zero-order valence-electron chi connectivity index (χ0n) is 10.3. The lowest BCUT2D eigenvalue weighted by molar-refractivity contribution is 0.587. The van der Waals surface area contributed by atoms with Crippen molar-refractivity contribution in [2.75, 3.05) is 17.6 Å². The number of nitrogen functional groups attached to an aromatic ring is 2. The normalized spacial score (nSPS) is 11.4. The summed E-state index contributed by atoms with van der Waals surface area (Å²) < 4.78 is 13.2. The summed E-state index contributed by atoms with van der Waals surface area (Å²) in [5.41, 5.74) is 12.8. The van der Waals surface area contributed by atoms with Gasteiger partial charge in [-0.2, -0.15) is 0 Å². The molecule has 4 heteroatoms. The highest BCUT2D eigenvalue weighted by atomic mass is 31.2. The molecule has 0 saturated heterocycles. The van der Waals surface area contributed by atoms with E-state index in [4.69, 9.17) is 11.5 Å². The highest BCUT2D eigenvalue weighted by molar-refractivity contribution is 7.78. The van der Waals surface area contributed by atoms with Crippen LogP contribution in [0.2, 0.25) is 0 Å². The van der Waals surface area contributed by atoms with Crippen molar-refractivity contribution in [3.63, 3.8) is 0 Å². The molecular formula is C14H17N2OP. The maximum atomic E-state index is 13.2. The van der Waals surface area contributed by atoms with Gasteiger partial charge in [0.1, 0.15) is 7.14 Å². The van der Waals surface area contributed by atoms with Gasteiger partial charge in [0.25, 0.3) is 0 Å². The van der Waals surface area contributed by atoms with E-state index in [-0.39, 0.29) is 0 Å². The van der Waals surface area contributed by atoms with Gasteiger partial charge in [-0.25, -0.2) is 0 Å². The second-order valence-corrected chi connectivity index (χ2v) is 7.39. The van der Waals surface area contributed by atoms with Crippen molar-refractivity contribution in [2.24, 2.45) is 0 Å². The fourth-order valence-corrected chi connectivity index (χ4v) is 4.41. The zero-order valence-corrected chi connectivity index (χ0v) is 11.2. The monoisotopic (exact) mass is 260 g/mol. The Morgan fingerprint density at radius 3 is 1.72 bits per heavy atom. The molecule has 0 heterocycles. The van der Waals surface area contributed by atoms with Crippen LogP contribution in [-0.2, 0) is 4.57 Å². The molecule has 0 aliphatic heterocycles. The smallest absolute Gasteiger partial charge is 0.143 e. The molecule has 2 aromatic rings. The van der Waals surface area contributed by atoms with Crippen LogP contribution in [0.4, 0.5) is 11.4 Å². The Balaban J connectivity index is 2.59. The molecule has 0 aliphatic carbocycles. The Morgan fingerprint density at radius 2 is 1.39 bits per heavy atom. The largest absolute Gasteiger partial charge is 0.399 e. The molecule has 18 heavy (non-hydrogen) atoms. The summed E-state index contributed by atoms with van der Waals surface area (Å²) in [5, 5.41) is 1.58. The predicted octanol–water partition coefficient (Wildman–Crippen LogP) is 2.18. The Labute approximate surface area is 107 Å². The maximum absolute atomic E-state index is 13.2. The highest BCUT2D eigenvalue weighted by Gasteiger charge is 2.25. The minimum absolute atomic E-state index is 0.555. The standard InChI is InChI=1S/C14H17N2OP/c1-2-18(17,13-7-3-5-11(15)9-13)14-8-4-6-12(16)10-14/h3-10H,2,15-16H2,1H3. The van der Waals surface area contributed by atoms with Gasteiger partial charge in [-0.1, -0.05) is 31.2 Å². The SMILES string of the molecule is CCP(=O)(c1cccc(N)c1)c1cccc(N)c1. The van der Waals surface area contributed by atoms with Crippen molar-refractivity contribution < 1.29 is 4.57 Å². The summed E-state index contributed by atoms with van der Waals surface area (Å²) in [5.74, 6) is 0. The van der Waals surface area contributed by atoms with Crippen LogP contribution < -0.4 is 22.1 Å². The van der Waals surface area contributed by atoms with Crippen LogP contribution in [0.15, 0.2) is 48.5 Å². The van der Waals surface area contributed by atoms with Gasteiger partial charge in [-0.05, 0) is 24.3 Å². The molecule has 0 amide bonds. The predicted molar refractivity (Wildman–Crippen MR) is 79.1 cm³/mol. The van der Waals surface area contributed by atoms with Crippen LogP contribution in [0.3, 0.4) is 0 Å². The molecule has 0 spiro atoms. The van der Waals surface area contributed by atoms with E-state index < -0.39 is 7.14 Å². The fourth-order valence-electron chi connectivity index (χ4n) is 2.01. The van der Waals surface area contributed by atoms with E-state index in [2.05, 4.69) is 0 Å². The van der Waals surface area contributed by atoms with E-state index >= 15 is 0 Å². The van der Waals surface area contributed by atoms with Gasteiger partial charge in [0.05, 0.1) is 0 Å². The molecule has 2 aromatic carbocycles. The highest BCUT2D eigenvalue weighted by Crippen LogP contribution is 2.43. The first-order valence-electron chi connectivity index (χ1n) is 5.87. The third-order valence-electron chi connectivity index (χ3n) is 3.02. The zero-order chi connectivity index (χ0) is 13.2. The molecule has 0 fully saturated rings. The van der Waals surface area contributed by atoms with Gasteiger partial charge >= 0.3 is 0 Å². The molecule has 4 N–H and O–H groups in total. The van der Waals surface area contributed by atoms with Crippen LogP contribution in [0.25, 0.3) is 0 Å². The third-order valence-corrected chi connectivity index (χ3v) is 6.14. The average Bonchev–Trinajstić information content (AvgIpc) is 2.38. The third kappa shape index (κ3) is 2.27. The van der Waals surface area contributed by atoms with Crippen LogP contribution in [0, 0.1) is 0 Å². The number of anilines is 2. The van der Waals surface area contributed by atoms with E-state index in [0.29, 0.717) is 17.5 Å². The summed E-state index contributed by atoms with van der Waals surface area (Å²) in [6.07, 6.45) is 0.555. The minimum Gasteiger partial charge on any atom is -0.399 e. The summed E-state index contributed by atoms with van der Waals surface area (Å²) in [7, 11) is -2.62. The fraction of sp³-hybridized carbons (Fsp3) is 0.143. The van der Waals surface area contributed by atoms with Crippen molar-refractivity contribution in [3.8, 4) is 0 Å². The second-order valence-electron chi connectivity index (χ2n) is 4.25. The van der Waals surface area contributed by atoms with Crippen LogP contribution in [0.5, 0.6) is 0 Å². The van der Waals surface area contributed by atoms with E-state index in [9.17, 15) is 4.57 Å². The van der Waals surface area contributed by atoms with Gasteiger partial charge < -0.3 is 16.0 Å². The van der Waals surface area contributed by atoms with Crippen LogP contribution in [-0.4, -0.2) is 6.16 Å². The molecule has 0 radical (unpaired) electrons. The lowest BCUT2D eigenvalue weighted by Crippen LogP contribution is -2.18. The molecule has 0 bridgehead atoms. The molecule has 3 nitrogen and oxygen atoms in total. The van der Waals surface area contributed by atoms with Crippen molar-refractivity contribution in [2.45, 2.75) is 6.92 Å². The van der Waals surface area contributed by atoms with Gasteiger partial charge in [0, 0.05) is 28.1 Å². The van der Waals surface area contributed by atoms with E-state index in [1.165, 1.54) is 0 Å². The number of benzene rings is 2. The Hall–Kier alpha value is -1.73. The van der Waals surface area contributed by atoms with Gasteiger partial charge in [-0.15, -0.1) is 0 Å². The van der Waals surface area contributed by atoms with Crippen molar-refractivity contribution >= 4 is 29.1 Å². The second kappa shape index (κ2) is 4.87.